The fraction of sp³-hybridized carbons (Fsp3) is 0.463. The van der Waals surface area contributed by atoms with Crippen molar-refractivity contribution in [3.63, 3.8) is 0 Å². The lowest BCUT2D eigenvalue weighted by Crippen LogP contribution is -1.88. The minimum Gasteiger partial charge on any atom is -0.0805 e. The highest BCUT2D eigenvalue weighted by atomic mass is 14.1. The molecule has 0 saturated carbocycles. The Morgan fingerprint density at radius 3 is 1.05 bits per heavy atom. The molecule has 224 valence electrons. The monoisotopic (exact) mass is 552 g/mol. The van der Waals surface area contributed by atoms with Gasteiger partial charge in [-0.05, 0) is 72.0 Å². The highest BCUT2D eigenvalue weighted by molar-refractivity contribution is 5.28. The molecule has 0 saturated heterocycles. The smallest absolute Gasteiger partial charge is 0.0130 e. The molecule has 0 radical (unpaired) electrons. The van der Waals surface area contributed by atoms with Gasteiger partial charge in [-0.15, -0.1) is 0 Å². The van der Waals surface area contributed by atoms with E-state index in [2.05, 4.69) is 166 Å². The molecule has 0 aromatic heterocycles. The van der Waals surface area contributed by atoms with Crippen molar-refractivity contribution in [2.45, 2.75) is 101 Å². The summed E-state index contributed by atoms with van der Waals surface area (Å²) in [6, 6.07) is 10.5. The lowest BCUT2D eigenvalue weighted by molar-refractivity contribution is 0.753. The average molecular weight is 553 g/mol. The summed E-state index contributed by atoms with van der Waals surface area (Å²) in [5, 5.41) is 0. The predicted molar refractivity (Wildman–Crippen MR) is 187 cm³/mol. The van der Waals surface area contributed by atoms with Crippen molar-refractivity contribution < 1.29 is 0 Å². The van der Waals surface area contributed by atoms with Crippen molar-refractivity contribution in [3.8, 4) is 0 Å². The summed E-state index contributed by atoms with van der Waals surface area (Å²) in [7, 11) is 0. The van der Waals surface area contributed by atoms with Gasteiger partial charge in [0.05, 0.1) is 0 Å². The van der Waals surface area contributed by atoms with Gasteiger partial charge in [0.2, 0.25) is 0 Å². The molecule has 0 bridgehead atoms. The topological polar surface area (TPSA) is 0 Å². The van der Waals surface area contributed by atoms with E-state index < -0.39 is 0 Å². The van der Waals surface area contributed by atoms with Crippen LogP contribution >= 0.6 is 0 Å². The summed E-state index contributed by atoms with van der Waals surface area (Å²) in [6.45, 7) is 22.2. The first-order valence-corrected chi connectivity index (χ1v) is 16.0. The van der Waals surface area contributed by atoms with E-state index in [0.29, 0.717) is 17.8 Å². The van der Waals surface area contributed by atoms with Crippen molar-refractivity contribution in [3.05, 3.63) is 131 Å². The minimum absolute atomic E-state index is 0.659. The van der Waals surface area contributed by atoms with E-state index in [0.717, 1.165) is 24.7 Å². The second-order valence-electron chi connectivity index (χ2n) is 12.6. The number of hydrogen-bond donors (Lipinski definition) is 0. The SMILES string of the molecule is CC(C)C1=CC=CC1.CC(C)C1=CC=CC1.CC(C)C1=CCC=C1.CC(C)C1=CCC=C1.CC(C)c1ccccc1. The maximum Gasteiger partial charge on any atom is -0.0130 e. The van der Waals surface area contributed by atoms with Crippen molar-refractivity contribution in [2.75, 3.05) is 0 Å². The van der Waals surface area contributed by atoms with Crippen LogP contribution < -0.4 is 0 Å². The average Bonchev–Trinajstić information content (AvgIpc) is 3.78. The fourth-order valence-electron chi connectivity index (χ4n) is 4.43. The molecule has 1 aromatic rings. The molecule has 4 aliphatic carbocycles. The lowest BCUT2D eigenvalue weighted by Gasteiger charge is -2.02. The fourth-order valence-corrected chi connectivity index (χ4v) is 4.43. The number of rotatable bonds is 5. The number of hydrogen-bond acceptors (Lipinski definition) is 0. The largest absolute Gasteiger partial charge is 0.0805 e. The van der Waals surface area contributed by atoms with E-state index in [1.165, 1.54) is 29.6 Å². The second kappa shape index (κ2) is 20.9. The van der Waals surface area contributed by atoms with Crippen LogP contribution in [0, 0.1) is 23.7 Å². The van der Waals surface area contributed by atoms with Crippen LogP contribution in [0.5, 0.6) is 0 Å². The number of allylic oxidation sites excluding steroid dienone is 16. The van der Waals surface area contributed by atoms with Gasteiger partial charge in [-0.3, -0.25) is 0 Å². The first kappa shape index (κ1) is 36.2. The molecule has 1 aromatic carbocycles. The van der Waals surface area contributed by atoms with Crippen LogP contribution in [0.4, 0.5) is 0 Å². The molecule has 0 amide bonds. The van der Waals surface area contributed by atoms with Gasteiger partial charge in [-0.1, -0.05) is 184 Å². The summed E-state index contributed by atoms with van der Waals surface area (Å²) in [5.74, 6) is 3.57. The molecule has 0 heteroatoms. The number of benzene rings is 1. The van der Waals surface area contributed by atoms with Gasteiger partial charge < -0.3 is 0 Å². The Morgan fingerprint density at radius 1 is 0.463 bits per heavy atom. The van der Waals surface area contributed by atoms with Gasteiger partial charge in [0.1, 0.15) is 0 Å². The molecular weight excluding hydrogens is 492 g/mol. The highest BCUT2D eigenvalue weighted by Crippen LogP contribution is 2.20. The summed E-state index contributed by atoms with van der Waals surface area (Å²) in [4.78, 5) is 0. The third-order valence-corrected chi connectivity index (χ3v) is 7.48. The predicted octanol–water partition coefficient (Wildman–Crippen LogP) is 12.9. The molecule has 0 spiro atoms. The zero-order valence-corrected chi connectivity index (χ0v) is 28.0. The van der Waals surface area contributed by atoms with E-state index in [4.69, 9.17) is 0 Å². The third kappa shape index (κ3) is 16.2. The van der Waals surface area contributed by atoms with Gasteiger partial charge in [0.15, 0.2) is 0 Å². The van der Waals surface area contributed by atoms with Crippen molar-refractivity contribution >= 4 is 0 Å². The summed E-state index contributed by atoms with van der Waals surface area (Å²) in [5.41, 5.74) is 7.52. The van der Waals surface area contributed by atoms with E-state index >= 15 is 0 Å². The Morgan fingerprint density at radius 2 is 0.878 bits per heavy atom. The Hall–Kier alpha value is -2.86. The molecule has 4 aliphatic rings. The first-order valence-electron chi connectivity index (χ1n) is 16.0. The van der Waals surface area contributed by atoms with Gasteiger partial charge in [0, 0.05) is 0 Å². The molecular formula is C41H60. The minimum atomic E-state index is 0.659. The molecule has 0 heterocycles. The van der Waals surface area contributed by atoms with Gasteiger partial charge in [-0.2, -0.15) is 0 Å². The quantitative estimate of drug-likeness (QED) is 0.341. The zero-order chi connectivity index (χ0) is 30.6. The maximum absolute atomic E-state index is 2.28. The first-order chi connectivity index (χ1) is 19.5. The maximum atomic E-state index is 2.28. The lowest BCUT2D eigenvalue weighted by atomic mass is 10.0. The van der Waals surface area contributed by atoms with E-state index in [1.54, 1.807) is 11.1 Å². The molecule has 0 atom stereocenters. The van der Waals surface area contributed by atoms with Crippen LogP contribution in [0.3, 0.4) is 0 Å². The molecule has 0 unspecified atom stereocenters. The van der Waals surface area contributed by atoms with Crippen LogP contribution in [0.25, 0.3) is 0 Å². The van der Waals surface area contributed by atoms with Crippen LogP contribution in [0.1, 0.15) is 106 Å². The van der Waals surface area contributed by atoms with E-state index in [1.807, 2.05) is 6.07 Å². The van der Waals surface area contributed by atoms with Gasteiger partial charge in [-0.25, -0.2) is 0 Å². The molecule has 0 N–H and O–H groups in total. The molecule has 0 nitrogen and oxygen atoms in total. The Kier molecular flexibility index (Phi) is 18.5. The van der Waals surface area contributed by atoms with E-state index in [9.17, 15) is 0 Å². The Bertz CT molecular complexity index is 1020. The molecule has 0 aliphatic heterocycles. The van der Waals surface area contributed by atoms with E-state index in [-0.39, 0.29) is 0 Å². The van der Waals surface area contributed by atoms with Crippen molar-refractivity contribution in [1.29, 1.82) is 0 Å². The highest BCUT2D eigenvalue weighted by Gasteiger charge is 2.03. The molecule has 41 heavy (non-hydrogen) atoms. The molecule has 0 fully saturated rings. The third-order valence-electron chi connectivity index (χ3n) is 7.48. The van der Waals surface area contributed by atoms with Crippen molar-refractivity contribution in [1.82, 2.24) is 0 Å². The summed E-state index contributed by atoms with van der Waals surface area (Å²) in [6.07, 6.45) is 31.1. The normalized spacial score (nSPS) is 16.0. The summed E-state index contributed by atoms with van der Waals surface area (Å²) < 4.78 is 0. The second-order valence-corrected chi connectivity index (χ2v) is 12.6. The van der Waals surface area contributed by atoms with Crippen LogP contribution in [0.2, 0.25) is 0 Å². The molecule has 5 rings (SSSR count). The Labute approximate surface area is 255 Å². The van der Waals surface area contributed by atoms with Crippen molar-refractivity contribution in [2.24, 2.45) is 23.7 Å². The Balaban J connectivity index is 0.000000256. The zero-order valence-electron chi connectivity index (χ0n) is 28.0. The van der Waals surface area contributed by atoms with Gasteiger partial charge in [0.25, 0.3) is 0 Å². The summed E-state index contributed by atoms with van der Waals surface area (Å²) >= 11 is 0. The van der Waals surface area contributed by atoms with Crippen LogP contribution in [0.15, 0.2) is 126 Å². The standard InChI is InChI=1S/C9H12.4C8H12/c1-8(2)9-6-4-3-5-7-9;4*1-7(2)8-5-3-4-6-8/h3-8H,1-2H3;2*3,5-7H,4H2,1-2H3;2*3-5,7H,6H2,1-2H3. The van der Waals surface area contributed by atoms with Gasteiger partial charge >= 0.3 is 0 Å². The van der Waals surface area contributed by atoms with Crippen LogP contribution in [-0.4, -0.2) is 0 Å². The van der Waals surface area contributed by atoms with Crippen LogP contribution in [-0.2, 0) is 0 Å².